The fraction of sp³-hybridized carbons (Fsp3) is 0.600. The Kier molecular flexibility index (Phi) is 5.51. The molecule has 0 unspecified atom stereocenters. The van der Waals surface area contributed by atoms with Crippen LogP contribution >= 0.6 is 0 Å². The molecule has 2 fully saturated rings. The predicted octanol–water partition coefficient (Wildman–Crippen LogP) is 1.78. The van der Waals surface area contributed by atoms with Gasteiger partial charge in [-0.05, 0) is 31.4 Å². The van der Waals surface area contributed by atoms with Crippen molar-refractivity contribution in [2.24, 2.45) is 0 Å². The van der Waals surface area contributed by atoms with Crippen molar-refractivity contribution in [1.29, 1.82) is 0 Å². The zero-order valence-corrected chi connectivity index (χ0v) is 15.3. The summed E-state index contributed by atoms with van der Waals surface area (Å²) in [4.78, 5) is 24.1. The molecule has 0 bridgehead atoms. The summed E-state index contributed by atoms with van der Waals surface area (Å²) in [6, 6.07) is 4.50. The maximum Gasteiger partial charge on any atom is 0.255 e. The first-order chi connectivity index (χ1) is 12.8. The fourth-order valence-corrected chi connectivity index (χ4v) is 4.11. The Hall–Kier alpha value is -1.92. The van der Waals surface area contributed by atoms with Gasteiger partial charge in [0, 0.05) is 51.5 Å². The second-order valence-corrected chi connectivity index (χ2v) is 7.28. The summed E-state index contributed by atoms with van der Waals surface area (Å²) < 4.78 is 5.44. The Labute approximate surface area is 155 Å². The first-order valence-corrected chi connectivity index (χ1v) is 9.78. The molecule has 0 atom stereocenters. The Morgan fingerprint density at radius 2 is 1.85 bits per heavy atom. The molecule has 6 heteroatoms. The van der Waals surface area contributed by atoms with Crippen molar-refractivity contribution in [2.45, 2.75) is 25.3 Å². The molecule has 4 rings (SSSR count). The second-order valence-electron chi connectivity index (χ2n) is 7.28. The molecule has 6 nitrogen and oxygen atoms in total. The highest BCUT2D eigenvalue weighted by molar-refractivity contribution is 5.94. The zero-order valence-electron chi connectivity index (χ0n) is 15.3. The predicted molar refractivity (Wildman–Crippen MR) is 102 cm³/mol. The zero-order chi connectivity index (χ0) is 17.8. The van der Waals surface area contributed by atoms with Gasteiger partial charge in [-0.2, -0.15) is 0 Å². The van der Waals surface area contributed by atoms with Crippen LogP contribution in [0, 0.1) is 0 Å². The van der Waals surface area contributed by atoms with Crippen molar-refractivity contribution in [1.82, 2.24) is 14.8 Å². The Bertz CT molecular complexity index is 632. The third-order valence-electron chi connectivity index (χ3n) is 5.69. The number of piperidine rings is 1. The molecular weight excluding hydrogens is 328 g/mol. The van der Waals surface area contributed by atoms with Crippen LogP contribution in [0.5, 0.6) is 0 Å². The van der Waals surface area contributed by atoms with Gasteiger partial charge in [0.25, 0.3) is 5.91 Å². The molecule has 140 valence electrons. The number of rotatable bonds is 3. The highest BCUT2D eigenvalue weighted by atomic mass is 16.5. The molecule has 0 aromatic carbocycles. The van der Waals surface area contributed by atoms with Gasteiger partial charge >= 0.3 is 0 Å². The average Bonchev–Trinajstić information content (AvgIpc) is 2.75. The van der Waals surface area contributed by atoms with E-state index >= 15 is 0 Å². The highest BCUT2D eigenvalue weighted by Crippen LogP contribution is 2.20. The lowest BCUT2D eigenvalue weighted by Gasteiger charge is -2.40. The van der Waals surface area contributed by atoms with Gasteiger partial charge in [0.2, 0.25) is 0 Å². The van der Waals surface area contributed by atoms with Gasteiger partial charge in [-0.15, -0.1) is 0 Å². The van der Waals surface area contributed by atoms with Gasteiger partial charge in [-0.3, -0.25) is 9.69 Å². The number of nitrogens with zero attached hydrogens (tertiary/aromatic N) is 4. The Morgan fingerprint density at radius 1 is 1.04 bits per heavy atom. The quantitative estimate of drug-likeness (QED) is 0.773. The molecule has 1 amide bonds. The van der Waals surface area contributed by atoms with E-state index in [0.29, 0.717) is 11.6 Å². The molecule has 0 N–H and O–H groups in total. The van der Waals surface area contributed by atoms with Crippen LogP contribution in [0.3, 0.4) is 0 Å². The summed E-state index contributed by atoms with van der Waals surface area (Å²) in [6.07, 6.45) is 9.27. The number of amides is 1. The van der Waals surface area contributed by atoms with Crippen LogP contribution in [0.15, 0.2) is 30.5 Å². The van der Waals surface area contributed by atoms with Crippen molar-refractivity contribution in [3.05, 3.63) is 36.0 Å². The largest absolute Gasteiger partial charge is 0.379 e. The number of anilines is 1. The van der Waals surface area contributed by atoms with Gasteiger partial charge in [0.1, 0.15) is 5.82 Å². The molecule has 2 saturated heterocycles. The van der Waals surface area contributed by atoms with Crippen LogP contribution in [-0.2, 0) is 4.74 Å². The van der Waals surface area contributed by atoms with Gasteiger partial charge < -0.3 is 14.5 Å². The summed E-state index contributed by atoms with van der Waals surface area (Å²) in [5.41, 5.74) is 0.700. The van der Waals surface area contributed by atoms with Gasteiger partial charge in [-0.1, -0.05) is 12.2 Å². The smallest absolute Gasteiger partial charge is 0.255 e. The molecule has 3 aliphatic heterocycles. The van der Waals surface area contributed by atoms with E-state index in [0.717, 1.165) is 77.6 Å². The van der Waals surface area contributed by atoms with Crippen LogP contribution in [0.2, 0.25) is 0 Å². The third-order valence-corrected chi connectivity index (χ3v) is 5.69. The summed E-state index contributed by atoms with van der Waals surface area (Å²) in [6.45, 7) is 7.28. The lowest BCUT2D eigenvalue weighted by atomic mass is 10.0. The number of likely N-dealkylation sites (tertiary alicyclic amines) is 1. The van der Waals surface area contributed by atoms with E-state index in [1.165, 1.54) is 0 Å². The van der Waals surface area contributed by atoms with Crippen molar-refractivity contribution >= 4 is 11.7 Å². The molecule has 0 radical (unpaired) electrons. The van der Waals surface area contributed by atoms with E-state index in [2.05, 4.69) is 26.9 Å². The van der Waals surface area contributed by atoms with E-state index in [1.54, 1.807) is 6.20 Å². The fourth-order valence-electron chi connectivity index (χ4n) is 4.11. The second kappa shape index (κ2) is 8.18. The molecule has 1 aromatic heterocycles. The van der Waals surface area contributed by atoms with E-state index in [9.17, 15) is 4.79 Å². The number of pyridine rings is 1. The summed E-state index contributed by atoms with van der Waals surface area (Å²) in [5, 5.41) is 0. The SMILES string of the molecule is O=C(c1ccc(N2CC=CCC2)nc1)N1CCC(N2CCOCC2)CC1. The lowest BCUT2D eigenvalue weighted by Crippen LogP contribution is -2.50. The van der Waals surface area contributed by atoms with E-state index in [1.807, 2.05) is 17.0 Å². The molecule has 0 saturated carbocycles. The van der Waals surface area contributed by atoms with Crippen LogP contribution in [-0.4, -0.2) is 79.2 Å². The van der Waals surface area contributed by atoms with E-state index < -0.39 is 0 Å². The minimum atomic E-state index is 0.114. The number of aromatic nitrogens is 1. The van der Waals surface area contributed by atoms with Crippen molar-refractivity contribution < 1.29 is 9.53 Å². The third kappa shape index (κ3) is 3.91. The summed E-state index contributed by atoms with van der Waals surface area (Å²) in [7, 11) is 0. The summed E-state index contributed by atoms with van der Waals surface area (Å²) >= 11 is 0. The maximum atomic E-state index is 12.8. The number of carbonyl (C=O) groups is 1. The van der Waals surface area contributed by atoms with Crippen LogP contribution < -0.4 is 4.90 Å². The minimum absolute atomic E-state index is 0.114. The number of hydrogen-bond donors (Lipinski definition) is 0. The normalized spacial score (nSPS) is 22.6. The molecule has 26 heavy (non-hydrogen) atoms. The molecule has 3 aliphatic rings. The Morgan fingerprint density at radius 3 is 2.50 bits per heavy atom. The van der Waals surface area contributed by atoms with Gasteiger partial charge in [0.05, 0.1) is 18.8 Å². The molecule has 0 spiro atoms. The summed E-state index contributed by atoms with van der Waals surface area (Å²) in [5.74, 6) is 1.07. The van der Waals surface area contributed by atoms with Crippen molar-refractivity contribution in [2.75, 3.05) is 57.4 Å². The number of morpholine rings is 1. The highest BCUT2D eigenvalue weighted by Gasteiger charge is 2.28. The number of hydrogen-bond acceptors (Lipinski definition) is 5. The topological polar surface area (TPSA) is 48.9 Å². The monoisotopic (exact) mass is 356 g/mol. The van der Waals surface area contributed by atoms with Gasteiger partial charge in [-0.25, -0.2) is 4.98 Å². The molecule has 4 heterocycles. The molecular formula is C20H28N4O2. The van der Waals surface area contributed by atoms with E-state index in [4.69, 9.17) is 4.74 Å². The molecule has 1 aromatic rings. The Balaban J connectivity index is 1.32. The minimum Gasteiger partial charge on any atom is -0.379 e. The molecule has 0 aliphatic carbocycles. The number of carbonyl (C=O) groups excluding carboxylic acids is 1. The van der Waals surface area contributed by atoms with Crippen LogP contribution in [0.25, 0.3) is 0 Å². The first-order valence-electron chi connectivity index (χ1n) is 9.78. The average molecular weight is 356 g/mol. The van der Waals surface area contributed by atoms with E-state index in [-0.39, 0.29) is 5.91 Å². The standard InChI is InChI=1S/C20H28N4O2/c25-20(17-4-5-19(21-16-17)23-8-2-1-3-9-23)24-10-6-18(7-11-24)22-12-14-26-15-13-22/h1-2,4-5,16,18H,3,6-15H2. The van der Waals surface area contributed by atoms with Gasteiger partial charge in [0.15, 0.2) is 0 Å². The van der Waals surface area contributed by atoms with Crippen LogP contribution in [0.4, 0.5) is 5.82 Å². The number of ether oxygens (including phenoxy) is 1. The first kappa shape index (κ1) is 17.5. The maximum absolute atomic E-state index is 12.8. The van der Waals surface area contributed by atoms with Crippen molar-refractivity contribution in [3.63, 3.8) is 0 Å². The van der Waals surface area contributed by atoms with Crippen molar-refractivity contribution in [3.8, 4) is 0 Å². The van der Waals surface area contributed by atoms with Crippen LogP contribution in [0.1, 0.15) is 29.6 Å². The lowest BCUT2D eigenvalue weighted by molar-refractivity contribution is 0.00158.